The number of furan rings is 1. The van der Waals surface area contributed by atoms with E-state index < -0.39 is 11.9 Å². The maximum atomic E-state index is 12.3. The van der Waals surface area contributed by atoms with Crippen LogP contribution in [0, 0.1) is 6.92 Å². The molecule has 1 heterocycles. The molecule has 140 valence electrons. The molecule has 0 spiro atoms. The van der Waals surface area contributed by atoms with Crippen LogP contribution in [0.5, 0.6) is 11.5 Å². The van der Waals surface area contributed by atoms with Gasteiger partial charge >= 0.3 is 11.9 Å². The van der Waals surface area contributed by atoms with Gasteiger partial charge in [-0.2, -0.15) is 0 Å². The third kappa shape index (κ3) is 4.29. The van der Waals surface area contributed by atoms with E-state index in [9.17, 15) is 9.59 Å². The van der Waals surface area contributed by atoms with Gasteiger partial charge in [0.1, 0.15) is 23.7 Å². The van der Waals surface area contributed by atoms with Gasteiger partial charge in [0, 0.05) is 0 Å². The molecule has 1 aromatic carbocycles. The van der Waals surface area contributed by atoms with E-state index in [1.54, 1.807) is 6.92 Å². The fourth-order valence-electron chi connectivity index (χ4n) is 2.27. The Bertz CT molecular complexity index is 810. The first-order valence-electron chi connectivity index (χ1n) is 7.76. The van der Waals surface area contributed by atoms with Gasteiger partial charge in [0.05, 0.1) is 31.4 Å². The molecule has 1 aromatic heterocycles. The highest BCUT2D eigenvalue weighted by molar-refractivity contribution is 6.32. The van der Waals surface area contributed by atoms with Gasteiger partial charge in [0.15, 0.2) is 11.5 Å². The van der Waals surface area contributed by atoms with Gasteiger partial charge in [-0.05, 0) is 32.0 Å². The van der Waals surface area contributed by atoms with E-state index in [-0.39, 0.29) is 22.8 Å². The summed E-state index contributed by atoms with van der Waals surface area (Å²) < 4.78 is 25.9. The number of halogens is 1. The second-order valence-corrected chi connectivity index (χ2v) is 5.58. The molecule has 7 nitrogen and oxygen atoms in total. The Kier molecular flexibility index (Phi) is 6.52. The monoisotopic (exact) mass is 382 g/mol. The second-order valence-electron chi connectivity index (χ2n) is 5.17. The highest BCUT2D eigenvalue weighted by Gasteiger charge is 2.19. The first kappa shape index (κ1) is 19.7. The van der Waals surface area contributed by atoms with E-state index in [2.05, 4.69) is 4.74 Å². The Morgan fingerprint density at radius 2 is 1.88 bits per heavy atom. The van der Waals surface area contributed by atoms with Crippen molar-refractivity contribution in [3.05, 3.63) is 45.9 Å². The van der Waals surface area contributed by atoms with Crippen LogP contribution in [0.2, 0.25) is 5.02 Å². The summed E-state index contributed by atoms with van der Waals surface area (Å²) in [5.41, 5.74) is 0.483. The summed E-state index contributed by atoms with van der Waals surface area (Å²) in [7, 11) is 2.72. The molecule has 0 saturated heterocycles. The summed E-state index contributed by atoms with van der Waals surface area (Å²) in [6.45, 7) is 3.69. The molecule has 0 aliphatic rings. The summed E-state index contributed by atoms with van der Waals surface area (Å²) in [5, 5.41) is 0.236. The molecule has 26 heavy (non-hydrogen) atoms. The summed E-state index contributed by atoms with van der Waals surface area (Å²) in [6, 6.07) is 4.39. The molecule has 8 heteroatoms. The zero-order chi connectivity index (χ0) is 19.3. The van der Waals surface area contributed by atoms with Crippen LogP contribution in [0.25, 0.3) is 0 Å². The third-order valence-corrected chi connectivity index (χ3v) is 3.75. The Morgan fingerprint density at radius 3 is 2.50 bits per heavy atom. The minimum absolute atomic E-state index is 0.149. The van der Waals surface area contributed by atoms with Crippen molar-refractivity contribution < 1.29 is 33.0 Å². The summed E-state index contributed by atoms with van der Waals surface area (Å²) in [6.07, 6.45) is 0. The van der Waals surface area contributed by atoms with Crippen molar-refractivity contribution in [1.82, 2.24) is 0 Å². The number of ether oxygens (including phenoxy) is 4. The lowest BCUT2D eigenvalue weighted by atomic mass is 10.2. The molecule has 0 amide bonds. The molecular formula is C18H19ClO7. The molecule has 0 bridgehead atoms. The van der Waals surface area contributed by atoms with Crippen molar-refractivity contribution in [1.29, 1.82) is 0 Å². The van der Waals surface area contributed by atoms with Crippen molar-refractivity contribution in [2.45, 2.75) is 20.5 Å². The van der Waals surface area contributed by atoms with Gasteiger partial charge in [-0.15, -0.1) is 0 Å². The number of benzene rings is 1. The Hall–Kier alpha value is -2.67. The van der Waals surface area contributed by atoms with Gasteiger partial charge in [0.25, 0.3) is 0 Å². The van der Waals surface area contributed by atoms with E-state index >= 15 is 0 Å². The van der Waals surface area contributed by atoms with Crippen LogP contribution >= 0.6 is 11.6 Å². The number of hydrogen-bond acceptors (Lipinski definition) is 7. The van der Waals surface area contributed by atoms with Crippen molar-refractivity contribution in [3.8, 4) is 11.5 Å². The zero-order valence-electron chi connectivity index (χ0n) is 14.9. The van der Waals surface area contributed by atoms with Crippen LogP contribution in [-0.2, 0) is 16.1 Å². The third-order valence-electron chi connectivity index (χ3n) is 3.47. The lowest BCUT2D eigenvalue weighted by molar-refractivity contribution is 0.0443. The highest BCUT2D eigenvalue weighted by Crippen LogP contribution is 2.36. The van der Waals surface area contributed by atoms with Crippen molar-refractivity contribution in [2.24, 2.45) is 0 Å². The number of carbonyl (C=O) groups excluding carboxylic acids is 2. The van der Waals surface area contributed by atoms with Crippen molar-refractivity contribution in [2.75, 3.05) is 20.8 Å². The molecule has 0 atom stereocenters. The molecule has 0 fully saturated rings. The maximum Gasteiger partial charge on any atom is 0.341 e. The quantitative estimate of drug-likeness (QED) is 0.673. The van der Waals surface area contributed by atoms with Crippen LogP contribution in [0.4, 0.5) is 0 Å². The van der Waals surface area contributed by atoms with E-state index in [1.807, 2.05) is 6.92 Å². The summed E-state index contributed by atoms with van der Waals surface area (Å²) in [5.74, 6) is 0.244. The van der Waals surface area contributed by atoms with E-state index in [4.69, 9.17) is 30.2 Å². The Morgan fingerprint density at radius 1 is 1.15 bits per heavy atom. The number of methoxy groups -OCH3 is 2. The zero-order valence-corrected chi connectivity index (χ0v) is 15.6. The van der Waals surface area contributed by atoms with Gasteiger partial charge in [-0.1, -0.05) is 11.6 Å². The largest absolute Gasteiger partial charge is 0.493 e. The molecule has 0 aliphatic carbocycles. The fraction of sp³-hybridized carbons (Fsp3) is 0.333. The fourth-order valence-corrected chi connectivity index (χ4v) is 2.53. The van der Waals surface area contributed by atoms with Crippen LogP contribution in [0.1, 0.15) is 39.2 Å². The van der Waals surface area contributed by atoms with Gasteiger partial charge in [-0.25, -0.2) is 9.59 Å². The van der Waals surface area contributed by atoms with Crippen LogP contribution in [-0.4, -0.2) is 32.8 Å². The van der Waals surface area contributed by atoms with Gasteiger partial charge in [-0.3, -0.25) is 0 Å². The summed E-state index contributed by atoms with van der Waals surface area (Å²) in [4.78, 5) is 23.8. The molecule has 0 radical (unpaired) electrons. The molecular weight excluding hydrogens is 364 g/mol. The highest BCUT2D eigenvalue weighted by atomic mass is 35.5. The van der Waals surface area contributed by atoms with Gasteiger partial charge in [0.2, 0.25) is 0 Å². The SMILES string of the molecule is CCOc1c(Cl)cc(C(=O)OCc2cc(C(=O)OC)c(C)o2)cc1OC. The lowest BCUT2D eigenvalue weighted by Gasteiger charge is -2.12. The minimum Gasteiger partial charge on any atom is -0.493 e. The lowest BCUT2D eigenvalue weighted by Crippen LogP contribution is -2.06. The maximum absolute atomic E-state index is 12.3. The normalized spacial score (nSPS) is 10.3. The average Bonchev–Trinajstić information content (AvgIpc) is 3.01. The molecule has 0 N–H and O–H groups in total. The topological polar surface area (TPSA) is 84.2 Å². The Balaban J connectivity index is 2.13. The molecule has 2 aromatic rings. The van der Waals surface area contributed by atoms with Gasteiger partial charge < -0.3 is 23.4 Å². The first-order valence-corrected chi connectivity index (χ1v) is 8.14. The van der Waals surface area contributed by atoms with Crippen molar-refractivity contribution >= 4 is 23.5 Å². The molecule has 0 saturated carbocycles. The second kappa shape index (κ2) is 8.62. The van der Waals surface area contributed by atoms with Crippen LogP contribution < -0.4 is 9.47 Å². The number of hydrogen-bond donors (Lipinski definition) is 0. The number of esters is 2. The van der Waals surface area contributed by atoms with E-state index in [0.717, 1.165) is 0 Å². The predicted octanol–water partition coefficient (Wildman–Crippen LogP) is 3.79. The number of carbonyl (C=O) groups is 2. The first-order chi connectivity index (χ1) is 12.4. The van der Waals surface area contributed by atoms with Crippen LogP contribution in [0.3, 0.4) is 0 Å². The average molecular weight is 383 g/mol. The smallest absolute Gasteiger partial charge is 0.341 e. The van der Waals surface area contributed by atoms with E-state index in [1.165, 1.54) is 32.4 Å². The molecule has 0 unspecified atom stereocenters. The van der Waals surface area contributed by atoms with Crippen molar-refractivity contribution in [3.63, 3.8) is 0 Å². The summed E-state index contributed by atoms with van der Waals surface area (Å²) >= 11 is 6.15. The molecule has 0 aliphatic heterocycles. The van der Waals surface area contributed by atoms with E-state index in [0.29, 0.717) is 29.6 Å². The molecule has 2 rings (SSSR count). The number of rotatable bonds is 7. The Labute approximate surface area is 155 Å². The standard InChI is InChI=1S/C18H19ClO7/c1-5-24-16-14(19)6-11(7-15(16)22-3)17(20)25-9-12-8-13(10(2)26-12)18(21)23-4/h6-8H,5,9H2,1-4H3. The van der Waals surface area contributed by atoms with Crippen LogP contribution in [0.15, 0.2) is 22.6 Å². The predicted molar refractivity (Wildman–Crippen MR) is 93.1 cm³/mol. The minimum atomic E-state index is -0.623. The number of aryl methyl sites for hydroxylation is 1.